The third-order valence-corrected chi connectivity index (χ3v) is 7.91. The molecule has 0 spiro atoms. The van der Waals surface area contributed by atoms with E-state index in [1.54, 1.807) is 13.0 Å². The number of amides is 1. The third kappa shape index (κ3) is 3.58. The molecule has 4 heterocycles. The van der Waals surface area contributed by atoms with Gasteiger partial charge in [0, 0.05) is 29.1 Å². The Kier molecular flexibility index (Phi) is 5.41. The number of carbonyl (C=O) groups is 2. The molecule has 3 aliphatic rings. The SMILES string of the molecule is CC[C@@]1(O)C(=O)OCc2c1cc1n(c2=O)Cc2c-1nc1cc(F)c(Cl)cc1c2CNC(=O)[C@@H](O)C1CC1. The molecule has 1 saturated carbocycles. The van der Waals surface area contributed by atoms with Crippen LogP contribution in [0.25, 0.3) is 22.3 Å². The van der Waals surface area contributed by atoms with Crippen molar-refractivity contribution in [3.8, 4) is 11.4 Å². The molecule has 0 bridgehead atoms. The van der Waals surface area contributed by atoms with Crippen LogP contribution in [0.4, 0.5) is 4.39 Å². The van der Waals surface area contributed by atoms with Gasteiger partial charge < -0.3 is 24.8 Å². The number of hydrogen-bond donors (Lipinski definition) is 3. The number of aliphatic hydroxyl groups excluding tert-OH is 1. The van der Waals surface area contributed by atoms with Crippen molar-refractivity contribution in [3.05, 3.63) is 61.6 Å². The maximum atomic E-state index is 14.4. The number of benzene rings is 1. The number of cyclic esters (lactones) is 1. The number of ether oxygens (including phenoxy) is 1. The summed E-state index contributed by atoms with van der Waals surface area (Å²) in [5.41, 5.74) is 0.136. The number of hydrogen-bond acceptors (Lipinski definition) is 7. The van der Waals surface area contributed by atoms with Crippen LogP contribution in [0.3, 0.4) is 0 Å². The minimum atomic E-state index is -1.97. The second kappa shape index (κ2) is 8.34. The number of halogens is 2. The molecule has 2 aliphatic heterocycles. The molecule has 0 radical (unpaired) electrons. The summed E-state index contributed by atoms with van der Waals surface area (Å²) in [5, 5.41) is 24.4. The maximum Gasteiger partial charge on any atom is 0.343 e. The van der Waals surface area contributed by atoms with Gasteiger partial charge in [-0.15, -0.1) is 0 Å². The lowest BCUT2D eigenvalue weighted by molar-refractivity contribution is -0.172. The standard InChI is InChI=1S/C26H23ClFN3O6/c1-2-26(36)16-6-20-21-14(9-31(20)24(34)15(16)10-37-25(26)35)13(8-29-23(33)22(32)11-3-4-11)12-5-17(27)18(28)7-19(12)30-21/h5-7,11,22,32,36H,2-4,8-10H2,1H3,(H,29,33)/t22-,26-/m0/s1. The molecule has 1 amide bonds. The van der Waals surface area contributed by atoms with Crippen LogP contribution in [-0.2, 0) is 39.6 Å². The summed E-state index contributed by atoms with van der Waals surface area (Å²) >= 11 is 6.08. The van der Waals surface area contributed by atoms with Crippen LogP contribution >= 0.6 is 11.6 Å². The highest BCUT2D eigenvalue weighted by atomic mass is 35.5. The van der Waals surface area contributed by atoms with Gasteiger partial charge in [0.25, 0.3) is 5.56 Å². The fourth-order valence-corrected chi connectivity index (χ4v) is 5.43. The van der Waals surface area contributed by atoms with Crippen LogP contribution in [0, 0.1) is 11.7 Å². The van der Waals surface area contributed by atoms with E-state index in [0.29, 0.717) is 27.9 Å². The van der Waals surface area contributed by atoms with E-state index in [9.17, 15) is 29.0 Å². The van der Waals surface area contributed by atoms with E-state index in [2.05, 4.69) is 10.3 Å². The molecular formula is C26H23ClFN3O6. The average Bonchev–Trinajstić information content (AvgIpc) is 3.66. The number of nitrogens with zero attached hydrogens (tertiary/aromatic N) is 2. The van der Waals surface area contributed by atoms with E-state index in [4.69, 9.17) is 16.3 Å². The second-order valence-corrected chi connectivity index (χ2v) is 10.2. The molecule has 1 aromatic carbocycles. The van der Waals surface area contributed by atoms with Crippen LogP contribution < -0.4 is 10.9 Å². The van der Waals surface area contributed by atoms with Gasteiger partial charge in [-0.2, -0.15) is 0 Å². The van der Waals surface area contributed by atoms with Gasteiger partial charge in [-0.1, -0.05) is 18.5 Å². The molecule has 11 heteroatoms. The van der Waals surface area contributed by atoms with Gasteiger partial charge in [0.2, 0.25) is 5.91 Å². The van der Waals surface area contributed by atoms with Crippen molar-refractivity contribution in [2.45, 2.75) is 57.6 Å². The maximum absolute atomic E-state index is 14.4. The normalized spacial score (nSPS) is 20.7. The summed E-state index contributed by atoms with van der Waals surface area (Å²) in [7, 11) is 0. The number of esters is 1. The van der Waals surface area contributed by atoms with E-state index >= 15 is 0 Å². The Balaban J connectivity index is 1.53. The first-order valence-electron chi connectivity index (χ1n) is 12.1. The number of aromatic nitrogens is 2. The van der Waals surface area contributed by atoms with Gasteiger partial charge in [0.15, 0.2) is 5.60 Å². The molecule has 3 aromatic rings. The smallest absolute Gasteiger partial charge is 0.343 e. The summed E-state index contributed by atoms with van der Waals surface area (Å²) in [6, 6.07) is 4.18. The van der Waals surface area contributed by atoms with Gasteiger partial charge in [0.05, 0.1) is 34.0 Å². The van der Waals surface area contributed by atoms with Crippen LogP contribution in [0.1, 0.15) is 48.4 Å². The Labute approximate surface area is 214 Å². The zero-order chi connectivity index (χ0) is 26.2. The highest BCUT2D eigenvalue weighted by Crippen LogP contribution is 2.41. The number of aliphatic hydroxyl groups is 2. The molecule has 6 rings (SSSR count). The Morgan fingerprint density at radius 2 is 2.08 bits per heavy atom. The number of rotatable bonds is 5. The van der Waals surface area contributed by atoms with Crippen LogP contribution in [0.5, 0.6) is 0 Å². The van der Waals surface area contributed by atoms with Gasteiger partial charge in [-0.25, -0.2) is 14.2 Å². The molecule has 9 nitrogen and oxygen atoms in total. The number of carbonyl (C=O) groups excluding carboxylic acids is 2. The Morgan fingerprint density at radius 1 is 1.32 bits per heavy atom. The van der Waals surface area contributed by atoms with E-state index in [0.717, 1.165) is 12.8 Å². The van der Waals surface area contributed by atoms with E-state index in [1.807, 2.05) is 0 Å². The predicted octanol–water partition coefficient (Wildman–Crippen LogP) is 2.26. The van der Waals surface area contributed by atoms with E-state index in [1.165, 1.54) is 16.7 Å². The lowest BCUT2D eigenvalue weighted by atomic mass is 9.86. The van der Waals surface area contributed by atoms with Gasteiger partial charge in [-0.3, -0.25) is 9.59 Å². The zero-order valence-electron chi connectivity index (χ0n) is 19.8. The predicted molar refractivity (Wildman–Crippen MR) is 130 cm³/mol. The van der Waals surface area contributed by atoms with Crippen LogP contribution in [0.2, 0.25) is 5.02 Å². The van der Waals surface area contributed by atoms with Crippen molar-refractivity contribution in [1.29, 1.82) is 0 Å². The minimum Gasteiger partial charge on any atom is -0.458 e. The monoisotopic (exact) mass is 527 g/mol. The summed E-state index contributed by atoms with van der Waals surface area (Å²) in [6.45, 7) is 1.45. The molecule has 1 fully saturated rings. The first-order chi connectivity index (χ1) is 17.6. The lowest BCUT2D eigenvalue weighted by Gasteiger charge is -2.31. The molecule has 192 valence electrons. The van der Waals surface area contributed by atoms with E-state index in [-0.39, 0.29) is 53.7 Å². The quantitative estimate of drug-likeness (QED) is 0.339. The molecule has 37 heavy (non-hydrogen) atoms. The molecule has 2 aromatic heterocycles. The van der Waals surface area contributed by atoms with Gasteiger partial charge in [0.1, 0.15) is 18.5 Å². The van der Waals surface area contributed by atoms with Crippen LogP contribution in [0.15, 0.2) is 23.0 Å². The highest BCUT2D eigenvalue weighted by Gasteiger charge is 2.45. The van der Waals surface area contributed by atoms with Crippen molar-refractivity contribution in [1.82, 2.24) is 14.9 Å². The van der Waals surface area contributed by atoms with Crippen molar-refractivity contribution in [2.75, 3.05) is 0 Å². The van der Waals surface area contributed by atoms with Gasteiger partial charge in [-0.05, 0) is 42.9 Å². The molecule has 1 aliphatic carbocycles. The fourth-order valence-electron chi connectivity index (χ4n) is 5.27. The lowest BCUT2D eigenvalue weighted by Crippen LogP contribution is -2.44. The summed E-state index contributed by atoms with van der Waals surface area (Å²) in [4.78, 5) is 43.1. The molecular weight excluding hydrogens is 505 g/mol. The third-order valence-electron chi connectivity index (χ3n) is 7.62. The molecule has 0 saturated heterocycles. The topological polar surface area (TPSA) is 131 Å². The molecule has 0 unspecified atom stereocenters. The average molecular weight is 528 g/mol. The number of nitrogens with one attached hydrogen (secondary N) is 1. The summed E-state index contributed by atoms with van der Waals surface area (Å²) in [5.74, 6) is -2.07. The van der Waals surface area contributed by atoms with Crippen LogP contribution in [-0.4, -0.2) is 37.7 Å². The summed E-state index contributed by atoms with van der Waals surface area (Å²) < 4.78 is 21.0. The van der Waals surface area contributed by atoms with Crippen molar-refractivity contribution in [2.24, 2.45) is 5.92 Å². The number of fused-ring (bicyclic) bond motifs is 5. The Hall–Kier alpha value is -3.34. The Morgan fingerprint density at radius 3 is 2.78 bits per heavy atom. The summed E-state index contributed by atoms with van der Waals surface area (Å²) in [6.07, 6.45) is 0.467. The molecule has 2 atom stereocenters. The second-order valence-electron chi connectivity index (χ2n) is 9.80. The fraction of sp³-hybridized carbons (Fsp3) is 0.385. The first-order valence-corrected chi connectivity index (χ1v) is 12.4. The largest absolute Gasteiger partial charge is 0.458 e. The minimum absolute atomic E-state index is 0.00401. The molecule has 3 N–H and O–H groups in total. The van der Waals surface area contributed by atoms with Gasteiger partial charge >= 0.3 is 5.97 Å². The van der Waals surface area contributed by atoms with E-state index < -0.39 is 35.0 Å². The van der Waals surface area contributed by atoms with Crippen molar-refractivity contribution in [3.63, 3.8) is 0 Å². The first kappa shape index (κ1) is 24.0. The zero-order valence-corrected chi connectivity index (χ0v) is 20.6. The highest BCUT2D eigenvalue weighted by molar-refractivity contribution is 6.31. The van der Waals surface area contributed by atoms with Crippen molar-refractivity contribution >= 4 is 34.4 Å². The Bertz CT molecular complexity index is 1580. The van der Waals surface area contributed by atoms with Crippen molar-refractivity contribution < 1.29 is 28.9 Å². The number of pyridine rings is 2.